The van der Waals surface area contributed by atoms with E-state index in [1.165, 1.54) is 0 Å². The zero-order chi connectivity index (χ0) is 22.6. The third-order valence-electron chi connectivity index (χ3n) is 6.43. The van der Waals surface area contributed by atoms with E-state index in [4.69, 9.17) is 4.74 Å². The van der Waals surface area contributed by atoms with Crippen LogP contribution in [0.3, 0.4) is 0 Å². The summed E-state index contributed by atoms with van der Waals surface area (Å²) in [6, 6.07) is 30.2. The van der Waals surface area contributed by atoms with Crippen LogP contribution in [0.1, 0.15) is 16.7 Å². The second kappa shape index (κ2) is 9.47. The molecule has 3 aromatic rings. The minimum atomic E-state index is -1.05. The predicted octanol–water partition coefficient (Wildman–Crippen LogP) is 4.82. The molecule has 0 saturated carbocycles. The van der Waals surface area contributed by atoms with Crippen LogP contribution in [-0.4, -0.2) is 28.7 Å². The highest BCUT2D eigenvalue weighted by molar-refractivity contribution is 5.95. The Labute approximate surface area is 194 Å². The van der Waals surface area contributed by atoms with Gasteiger partial charge in [-0.15, -0.1) is 0 Å². The molecular formula is C29H27NO3. The number of amides is 1. The maximum atomic E-state index is 13.2. The third-order valence-corrected chi connectivity index (χ3v) is 6.43. The summed E-state index contributed by atoms with van der Waals surface area (Å²) in [5.41, 5.74) is 4.25. The lowest BCUT2D eigenvalue weighted by atomic mass is 9.79. The monoisotopic (exact) mass is 437 g/mol. The molecule has 1 amide bonds. The van der Waals surface area contributed by atoms with Crippen LogP contribution in [0.5, 0.6) is 0 Å². The number of hydrogen-bond acceptors (Lipinski definition) is 3. The van der Waals surface area contributed by atoms with Crippen molar-refractivity contribution in [2.24, 2.45) is 11.8 Å². The lowest BCUT2D eigenvalue weighted by Crippen LogP contribution is -2.37. The molecule has 4 nitrogen and oxygen atoms in total. The van der Waals surface area contributed by atoms with Gasteiger partial charge in [-0.2, -0.15) is 0 Å². The normalized spacial score (nSPS) is 22.5. The minimum Gasteiger partial charge on any atom is -0.459 e. The van der Waals surface area contributed by atoms with Crippen molar-refractivity contribution in [2.75, 3.05) is 6.54 Å². The first-order valence-electron chi connectivity index (χ1n) is 11.4. The summed E-state index contributed by atoms with van der Waals surface area (Å²) in [4.78, 5) is 15.0. The zero-order valence-electron chi connectivity index (χ0n) is 18.4. The summed E-state index contributed by atoms with van der Waals surface area (Å²) in [5, 5.41) is 11.0. The van der Waals surface area contributed by atoms with Gasteiger partial charge in [0.2, 0.25) is 6.29 Å². The van der Waals surface area contributed by atoms with Crippen LogP contribution in [0.25, 0.3) is 6.08 Å². The molecule has 3 aromatic carbocycles. The number of aliphatic hydroxyl groups is 1. The van der Waals surface area contributed by atoms with Gasteiger partial charge >= 0.3 is 0 Å². The quantitative estimate of drug-likeness (QED) is 0.602. The van der Waals surface area contributed by atoms with Crippen molar-refractivity contribution in [3.8, 4) is 0 Å². The molecule has 4 heteroatoms. The Balaban J connectivity index is 1.46. The largest absolute Gasteiger partial charge is 0.459 e. The van der Waals surface area contributed by atoms with E-state index in [0.29, 0.717) is 25.3 Å². The first-order chi connectivity index (χ1) is 16.2. The first kappa shape index (κ1) is 21.2. The van der Waals surface area contributed by atoms with E-state index >= 15 is 0 Å². The van der Waals surface area contributed by atoms with Gasteiger partial charge in [-0.1, -0.05) is 103 Å². The molecule has 0 spiro atoms. The van der Waals surface area contributed by atoms with Gasteiger partial charge in [0, 0.05) is 30.5 Å². The summed E-state index contributed by atoms with van der Waals surface area (Å²) < 4.78 is 5.87. The molecule has 0 fully saturated rings. The number of carbonyl (C=O) groups excluding carboxylic acids is 1. The Morgan fingerprint density at radius 3 is 2.15 bits per heavy atom. The summed E-state index contributed by atoms with van der Waals surface area (Å²) in [5.74, 6) is -0.126. The fourth-order valence-electron chi connectivity index (χ4n) is 4.74. The van der Waals surface area contributed by atoms with Crippen LogP contribution in [0.15, 0.2) is 108 Å². The number of allylic oxidation sites excluding steroid dienone is 1. The maximum Gasteiger partial charge on any atom is 0.289 e. The highest BCUT2D eigenvalue weighted by Gasteiger charge is 2.45. The molecule has 166 valence electrons. The Hall–Kier alpha value is -3.63. The van der Waals surface area contributed by atoms with Gasteiger partial charge in [-0.25, -0.2) is 0 Å². The van der Waals surface area contributed by atoms with Crippen molar-refractivity contribution < 1.29 is 14.6 Å². The Morgan fingerprint density at radius 2 is 1.48 bits per heavy atom. The summed E-state index contributed by atoms with van der Waals surface area (Å²) in [7, 11) is 0. The predicted molar refractivity (Wildman–Crippen MR) is 129 cm³/mol. The average molecular weight is 438 g/mol. The van der Waals surface area contributed by atoms with Gasteiger partial charge in [0.25, 0.3) is 5.91 Å². The number of aliphatic hydroxyl groups excluding tert-OH is 1. The lowest BCUT2D eigenvalue weighted by Gasteiger charge is -2.34. The second-order valence-corrected chi connectivity index (χ2v) is 8.66. The molecule has 33 heavy (non-hydrogen) atoms. The number of ether oxygens (including phenoxy) is 1. The van der Waals surface area contributed by atoms with E-state index < -0.39 is 6.29 Å². The average Bonchev–Trinajstić information content (AvgIpc) is 3.15. The van der Waals surface area contributed by atoms with Crippen LogP contribution in [0, 0.1) is 11.8 Å². The van der Waals surface area contributed by atoms with Gasteiger partial charge in [0.05, 0.1) is 0 Å². The van der Waals surface area contributed by atoms with E-state index in [9.17, 15) is 9.90 Å². The fourth-order valence-corrected chi connectivity index (χ4v) is 4.74. The van der Waals surface area contributed by atoms with Crippen molar-refractivity contribution >= 4 is 12.0 Å². The molecule has 1 N–H and O–H groups in total. The molecule has 0 saturated heterocycles. The van der Waals surface area contributed by atoms with E-state index in [0.717, 1.165) is 22.3 Å². The molecule has 0 radical (unpaired) electrons. The molecule has 5 rings (SSSR count). The van der Waals surface area contributed by atoms with E-state index in [1.54, 1.807) is 4.90 Å². The van der Waals surface area contributed by atoms with Crippen LogP contribution in [0.4, 0.5) is 0 Å². The van der Waals surface area contributed by atoms with Crippen LogP contribution in [-0.2, 0) is 22.5 Å². The molecule has 2 heterocycles. The highest BCUT2D eigenvalue weighted by Crippen LogP contribution is 2.41. The zero-order valence-corrected chi connectivity index (χ0v) is 18.4. The molecular weight excluding hydrogens is 410 g/mol. The van der Waals surface area contributed by atoms with Crippen LogP contribution in [0.2, 0.25) is 0 Å². The highest BCUT2D eigenvalue weighted by atomic mass is 16.6. The van der Waals surface area contributed by atoms with E-state index in [-0.39, 0.29) is 17.7 Å². The molecule has 0 aliphatic carbocycles. The van der Waals surface area contributed by atoms with Crippen molar-refractivity contribution in [1.82, 2.24) is 4.90 Å². The topological polar surface area (TPSA) is 49.8 Å². The second-order valence-electron chi connectivity index (χ2n) is 8.66. The Kier molecular flexibility index (Phi) is 6.09. The van der Waals surface area contributed by atoms with Crippen molar-refractivity contribution in [1.29, 1.82) is 0 Å². The standard InChI is InChI=1S/C29H27NO3/c31-28-27-26(20-30(28)19-23-14-8-3-9-15-23)24(17-16-21-10-4-1-5-11-21)25(29(32)33-27)18-22-12-6-2-7-13-22/h1-17,24-25,29,32H,18-20H2/b17-16+/t24-,25-,29+/m0/s1. The summed E-state index contributed by atoms with van der Waals surface area (Å²) in [6.45, 7) is 1.02. The first-order valence-corrected chi connectivity index (χ1v) is 11.4. The summed E-state index contributed by atoms with van der Waals surface area (Å²) in [6.07, 6.45) is 3.82. The van der Waals surface area contributed by atoms with Crippen LogP contribution < -0.4 is 0 Å². The van der Waals surface area contributed by atoms with Gasteiger partial charge < -0.3 is 14.7 Å². The molecule has 0 aromatic heterocycles. The Morgan fingerprint density at radius 1 is 0.879 bits per heavy atom. The van der Waals surface area contributed by atoms with Crippen molar-refractivity contribution in [3.63, 3.8) is 0 Å². The molecule has 2 aliphatic heterocycles. The van der Waals surface area contributed by atoms with Crippen LogP contribution >= 0.6 is 0 Å². The van der Waals surface area contributed by atoms with Gasteiger partial charge in [-0.05, 0) is 23.1 Å². The molecule has 0 bridgehead atoms. The van der Waals surface area contributed by atoms with Gasteiger partial charge in [0.15, 0.2) is 5.76 Å². The third kappa shape index (κ3) is 4.62. The number of benzene rings is 3. The van der Waals surface area contributed by atoms with Gasteiger partial charge in [0.1, 0.15) is 0 Å². The van der Waals surface area contributed by atoms with Gasteiger partial charge in [-0.3, -0.25) is 4.79 Å². The van der Waals surface area contributed by atoms with Crippen molar-refractivity contribution in [2.45, 2.75) is 19.3 Å². The van der Waals surface area contributed by atoms with E-state index in [2.05, 4.69) is 36.4 Å². The molecule has 2 aliphatic rings. The Bertz CT molecular complexity index is 1160. The number of rotatable bonds is 6. The number of hydrogen-bond donors (Lipinski definition) is 1. The van der Waals surface area contributed by atoms with Crippen molar-refractivity contribution in [3.05, 3.63) is 125 Å². The fraction of sp³-hybridized carbons (Fsp3) is 0.207. The molecule has 3 atom stereocenters. The minimum absolute atomic E-state index is 0.103. The SMILES string of the molecule is O=C1C2=C(CN1Cc1ccccc1)[C@@H](/C=C/c1ccccc1)[C@H](Cc1ccccc1)[C@H](O)O2. The number of nitrogens with zero attached hydrogens (tertiary/aromatic N) is 1. The molecule has 0 unspecified atom stereocenters. The lowest BCUT2D eigenvalue weighted by molar-refractivity contribution is -0.146. The summed E-state index contributed by atoms with van der Waals surface area (Å²) >= 11 is 0. The number of carbonyl (C=O) groups is 1. The smallest absolute Gasteiger partial charge is 0.289 e. The van der Waals surface area contributed by atoms with E-state index in [1.807, 2.05) is 66.7 Å². The maximum absolute atomic E-state index is 13.2.